The maximum Gasteiger partial charge on any atom is 0.470 e. The molecule has 0 spiro atoms. The van der Waals surface area contributed by atoms with Crippen LogP contribution in [0, 0.1) is 0 Å². The van der Waals surface area contributed by atoms with Gasteiger partial charge in [0.15, 0.2) is 5.82 Å². The van der Waals surface area contributed by atoms with E-state index in [0.29, 0.717) is 13.1 Å². The highest BCUT2D eigenvalue weighted by atomic mass is 19.4. The summed E-state index contributed by atoms with van der Waals surface area (Å²) in [6.45, 7) is 1.53. The molecule has 0 unspecified atom stereocenters. The van der Waals surface area contributed by atoms with Gasteiger partial charge in [-0.25, -0.2) is 0 Å². The summed E-state index contributed by atoms with van der Waals surface area (Å²) < 4.78 is 42.2. The maximum atomic E-state index is 12.5. The fourth-order valence-corrected chi connectivity index (χ4v) is 2.95. The van der Waals surface area contributed by atoms with Gasteiger partial charge < -0.3 is 9.32 Å². The van der Waals surface area contributed by atoms with Gasteiger partial charge in [0.05, 0.1) is 12.2 Å². The molecule has 7 nitrogen and oxygen atoms in total. The van der Waals surface area contributed by atoms with E-state index >= 15 is 0 Å². The minimum absolute atomic E-state index is 0.0553. The molecule has 4 rings (SSSR count). The fraction of sp³-hybridized carbons (Fsp3) is 0.333. The van der Waals surface area contributed by atoms with Crippen molar-refractivity contribution in [2.75, 3.05) is 25.0 Å². The van der Waals surface area contributed by atoms with Crippen molar-refractivity contribution in [1.82, 2.24) is 25.3 Å². The van der Waals surface area contributed by atoms with Crippen LogP contribution in [0.3, 0.4) is 0 Å². The van der Waals surface area contributed by atoms with Crippen LogP contribution in [0.2, 0.25) is 0 Å². The number of halogens is 3. The molecular weight excluding hydrogens is 373 g/mol. The zero-order valence-electron chi connectivity index (χ0n) is 15.0. The molecule has 1 aromatic carbocycles. The first-order valence-electron chi connectivity index (χ1n) is 8.64. The number of alkyl halides is 3. The normalized spacial score (nSPS) is 15.1. The second-order valence-corrected chi connectivity index (χ2v) is 6.62. The van der Waals surface area contributed by atoms with Crippen molar-refractivity contribution in [3.8, 4) is 11.3 Å². The molecule has 1 aliphatic rings. The van der Waals surface area contributed by atoms with Crippen LogP contribution in [0.4, 0.5) is 19.0 Å². The third kappa shape index (κ3) is 3.81. The number of rotatable bonds is 5. The summed E-state index contributed by atoms with van der Waals surface area (Å²) in [6.07, 6.45) is -4.62. The fourth-order valence-electron chi connectivity index (χ4n) is 2.95. The first kappa shape index (κ1) is 18.4. The van der Waals surface area contributed by atoms with E-state index in [4.69, 9.17) is 0 Å². The Morgan fingerprint density at radius 1 is 1.04 bits per heavy atom. The van der Waals surface area contributed by atoms with Gasteiger partial charge in [-0.05, 0) is 19.2 Å². The van der Waals surface area contributed by atoms with Crippen LogP contribution in [-0.2, 0) is 12.7 Å². The third-order valence-electron chi connectivity index (χ3n) is 4.62. The summed E-state index contributed by atoms with van der Waals surface area (Å²) in [5.74, 6) is -0.610. The first-order valence-corrected chi connectivity index (χ1v) is 8.64. The van der Waals surface area contributed by atoms with Gasteiger partial charge in [-0.2, -0.15) is 13.2 Å². The van der Waals surface area contributed by atoms with Crippen LogP contribution in [0.15, 0.2) is 46.9 Å². The Kier molecular flexibility index (Phi) is 4.71. The Bertz CT molecular complexity index is 922. The van der Waals surface area contributed by atoms with Gasteiger partial charge in [0, 0.05) is 24.7 Å². The van der Waals surface area contributed by atoms with Crippen molar-refractivity contribution >= 4 is 5.82 Å². The minimum atomic E-state index is -4.62. The molecule has 28 heavy (non-hydrogen) atoms. The summed E-state index contributed by atoms with van der Waals surface area (Å²) in [6, 6.07) is 13.8. The quantitative estimate of drug-likeness (QED) is 0.663. The van der Waals surface area contributed by atoms with Crippen LogP contribution in [0.25, 0.3) is 11.3 Å². The average Bonchev–Trinajstić information content (AvgIpc) is 3.11. The van der Waals surface area contributed by atoms with Gasteiger partial charge in [-0.15, -0.1) is 20.4 Å². The SMILES string of the molecule is CN(Cc1nnc(C(F)(F)F)o1)C1CN(c2ccc(-c3ccccc3)nn2)C1. The van der Waals surface area contributed by atoms with E-state index in [1.54, 1.807) is 0 Å². The Morgan fingerprint density at radius 3 is 2.39 bits per heavy atom. The van der Waals surface area contributed by atoms with Crippen molar-refractivity contribution in [2.24, 2.45) is 0 Å². The molecule has 0 atom stereocenters. The van der Waals surface area contributed by atoms with Gasteiger partial charge in [-0.1, -0.05) is 30.3 Å². The number of hydrogen-bond donors (Lipinski definition) is 0. The third-order valence-corrected chi connectivity index (χ3v) is 4.62. The molecule has 146 valence electrons. The lowest BCUT2D eigenvalue weighted by Crippen LogP contribution is -2.58. The van der Waals surface area contributed by atoms with E-state index in [2.05, 4.69) is 29.7 Å². The zero-order chi connectivity index (χ0) is 19.7. The molecule has 3 heterocycles. The highest BCUT2D eigenvalue weighted by Crippen LogP contribution is 2.28. The number of likely N-dealkylation sites (N-methyl/N-ethyl adjacent to an activating group) is 1. The second kappa shape index (κ2) is 7.19. The van der Waals surface area contributed by atoms with E-state index in [1.807, 2.05) is 54.4 Å². The minimum Gasteiger partial charge on any atom is -0.416 e. The van der Waals surface area contributed by atoms with E-state index < -0.39 is 12.1 Å². The summed E-state index contributed by atoms with van der Waals surface area (Å²) in [7, 11) is 1.81. The highest BCUT2D eigenvalue weighted by molar-refractivity contribution is 5.59. The molecule has 1 fully saturated rings. The summed E-state index contributed by atoms with van der Waals surface area (Å²) >= 11 is 0. The molecule has 0 amide bonds. The molecule has 0 bridgehead atoms. The molecular formula is C18H17F3N6O. The van der Waals surface area contributed by atoms with Gasteiger partial charge in [-0.3, -0.25) is 4.90 Å². The smallest absolute Gasteiger partial charge is 0.416 e. The zero-order valence-corrected chi connectivity index (χ0v) is 15.0. The van der Waals surface area contributed by atoms with E-state index in [0.717, 1.165) is 17.1 Å². The molecule has 0 radical (unpaired) electrons. The summed E-state index contributed by atoms with van der Waals surface area (Å²) in [5, 5.41) is 15.1. The van der Waals surface area contributed by atoms with Crippen LogP contribution in [0.1, 0.15) is 11.8 Å². The van der Waals surface area contributed by atoms with Crippen molar-refractivity contribution in [1.29, 1.82) is 0 Å². The molecule has 0 aliphatic carbocycles. The average molecular weight is 390 g/mol. The van der Waals surface area contributed by atoms with Gasteiger partial charge in [0.25, 0.3) is 0 Å². The Morgan fingerprint density at radius 2 is 1.79 bits per heavy atom. The highest BCUT2D eigenvalue weighted by Gasteiger charge is 2.38. The van der Waals surface area contributed by atoms with Crippen molar-refractivity contribution in [2.45, 2.75) is 18.8 Å². The standard InChI is InChI=1S/C18H17F3N6O/c1-26(11-16-24-25-17(28-16)18(19,20)21)13-9-27(10-13)15-8-7-14(22-23-15)12-5-3-2-4-6-12/h2-8,13H,9-11H2,1H3. The van der Waals surface area contributed by atoms with E-state index in [1.165, 1.54) is 0 Å². The second-order valence-electron chi connectivity index (χ2n) is 6.62. The lowest BCUT2D eigenvalue weighted by molar-refractivity contribution is -0.157. The van der Waals surface area contributed by atoms with Crippen LogP contribution >= 0.6 is 0 Å². The van der Waals surface area contributed by atoms with E-state index in [9.17, 15) is 13.2 Å². The lowest BCUT2D eigenvalue weighted by atomic mass is 10.1. The van der Waals surface area contributed by atoms with Gasteiger partial charge in [0.2, 0.25) is 5.89 Å². The molecule has 3 aromatic rings. The van der Waals surface area contributed by atoms with Crippen molar-refractivity contribution < 1.29 is 17.6 Å². The van der Waals surface area contributed by atoms with Crippen LogP contribution in [0.5, 0.6) is 0 Å². The lowest BCUT2D eigenvalue weighted by Gasteiger charge is -2.44. The molecule has 1 saturated heterocycles. The van der Waals surface area contributed by atoms with E-state index in [-0.39, 0.29) is 18.5 Å². The number of benzene rings is 1. The topological polar surface area (TPSA) is 71.2 Å². The number of nitrogens with zero attached hydrogens (tertiary/aromatic N) is 6. The molecule has 2 aromatic heterocycles. The van der Waals surface area contributed by atoms with Crippen LogP contribution in [-0.4, -0.2) is 51.5 Å². The Labute approximate surface area is 158 Å². The maximum absolute atomic E-state index is 12.5. The largest absolute Gasteiger partial charge is 0.470 e. The Balaban J connectivity index is 1.32. The summed E-state index contributed by atoms with van der Waals surface area (Å²) in [5.41, 5.74) is 1.80. The first-order chi connectivity index (χ1) is 13.4. The number of hydrogen-bond acceptors (Lipinski definition) is 7. The number of anilines is 1. The van der Waals surface area contributed by atoms with Gasteiger partial charge in [0.1, 0.15) is 0 Å². The van der Waals surface area contributed by atoms with Crippen molar-refractivity contribution in [3.05, 3.63) is 54.2 Å². The van der Waals surface area contributed by atoms with Crippen molar-refractivity contribution in [3.63, 3.8) is 0 Å². The summed E-state index contributed by atoms with van der Waals surface area (Å²) in [4.78, 5) is 3.94. The molecule has 10 heteroatoms. The number of aromatic nitrogens is 4. The van der Waals surface area contributed by atoms with Gasteiger partial charge >= 0.3 is 12.1 Å². The monoisotopic (exact) mass is 390 g/mol. The molecule has 0 N–H and O–H groups in total. The molecule has 1 aliphatic heterocycles. The van der Waals surface area contributed by atoms with Crippen LogP contribution < -0.4 is 4.90 Å². The predicted molar refractivity (Wildman–Crippen MR) is 94.2 cm³/mol. The predicted octanol–water partition coefficient (Wildman–Crippen LogP) is 2.87. The molecule has 0 saturated carbocycles. The Hall–Kier alpha value is -3.01.